The summed E-state index contributed by atoms with van der Waals surface area (Å²) in [5.74, 6) is 0.840. The molecule has 2 atom stereocenters. The molecule has 4 heterocycles. The van der Waals surface area contributed by atoms with Crippen LogP contribution in [0, 0.1) is 0 Å². The Labute approximate surface area is 258 Å². The summed E-state index contributed by atoms with van der Waals surface area (Å²) in [4.78, 5) is 37.3. The van der Waals surface area contributed by atoms with E-state index in [0.29, 0.717) is 35.8 Å². The molecule has 3 saturated heterocycles. The molecule has 5 rings (SSSR count). The Morgan fingerprint density at radius 1 is 1.12 bits per heavy atom. The van der Waals surface area contributed by atoms with Gasteiger partial charge in [-0.05, 0) is 82.4 Å². The summed E-state index contributed by atoms with van der Waals surface area (Å²) in [6.45, 7) is 8.30. The van der Waals surface area contributed by atoms with Crippen LogP contribution in [0.15, 0.2) is 36.5 Å². The van der Waals surface area contributed by atoms with Gasteiger partial charge in [-0.15, -0.1) is 0 Å². The van der Waals surface area contributed by atoms with Crippen LogP contribution in [0.1, 0.15) is 56.7 Å². The van der Waals surface area contributed by atoms with Gasteiger partial charge in [-0.1, -0.05) is 29.3 Å². The van der Waals surface area contributed by atoms with Gasteiger partial charge in [0, 0.05) is 47.7 Å². The average Bonchev–Trinajstić information content (AvgIpc) is 3.51. The Bertz CT molecular complexity index is 1260. The van der Waals surface area contributed by atoms with E-state index >= 15 is 0 Å². The maximum absolute atomic E-state index is 13.8. The van der Waals surface area contributed by atoms with Crippen LogP contribution in [0.4, 0.5) is 4.79 Å². The number of aliphatic hydroxyl groups is 1. The predicted octanol–water partition coefficient (Wildman–Crippen LogP) is 4.35. The number of nitrogens with one attached hydrogen (secondary N) is 1. The molecule has 9 nitrogen and oxygen atoms in total. The number of carbonyl (C=O) groups excluding carboxylic acids is 2. The first-order valence-corrected chi connectivity index (χ1v) is 15.7. The topological polar surface area (TPSA) is 98.2 Å². The van der Waals surface area contributed by atoms with Gasteiger partial charge in [0.1, 0.15) is 18.4 Å². The van der Waals surface area contributed by atoms with E-state index in [2.05, 4.69) is 17.1 Å². The lowest BCUT2D eigenvalue weighted by atomic mass is 9.91. The van der Waals surface area contributed by atoms with Gasteiger partial charge in [0.25, 0.3) is 0 Å². The summed E-state index contributed by atoms with van der Waals surface area (Å²) in [6.07, 6.45) is 6.03. The van der Waals surface area contributed by atoms with Crippen LogP contribution >= 0.6 is 23.2 Å². The van der Waals surface area contributed by atoms with Crippen molar-refractivity contribution in [2.45, 2.75) is 69.6 Å². The first-order valence-electron chi connectivity index (χ1n) is 14.9. The fourth-order valence-corrected chi connectivity index (χ4v) is 6.68. The molecular weight excluding hydrogens is 577 g/mol. The third-order valence-electron chi connectivity index (χ3n) is 8.62. The maximum atomic E-state index is 13.8. The number of hydrogen-bond donors (Lipinski definition) is 2. The molecule has 2 aromatic rings. The van der Waals surface area contributed by atoms with Gasteiger partial charge < -0.3 is 25.0 Å². The van der Waals surface area contributed by atoms with Crippen molar-refractivity contribution in [1.29, 1.82) is 0 Å². The minimum Gasteiger partial charge on any atom is -0.490 e. The average molecular weight is 619 g/mol. The van der Waals surface area contributed by atoms with Crippen LogP contribution in [0.3, 0.4) is 0 Å². The Morgan fingerprint density at radius 3 is 2.50 bits per heavy atom. The highest BCUT2D eigenvalue weighted by Gasteiger charge is 2.41. The van der Waals surface area contributed by atoms with Crippen molar-refractivity contribution in [1.82, 2.24) is 25.0 Å². The predicted molar refractivity (Wildman–Crippen MR) is 163 cm³/mol. The minimum atomic E-state index is -0.904. The SMILES string of the molecule is C[C@H](COc1cccnc1C1CCN(C(=O)[C@@H](Cc2ccc(Cl)cc2Cl)NC(=O)N2CC(C)(O)C2)CC1)N1CCCC1. The van der Waals surface area contributed by atoms with E-state index in [0.717, 1.165) is 42.9 Å². The molecule has 2 N–H and O–H groups in total. The van der Waals surface area contributed by atoms with Crippen molar-refractivity contribution in [2.24, 2.45) is 0 Å². The first kappa shape index (κ1) is 30.9. The molecular formula is C31H41Cl2N5O4. The van der Waals surface area contributed by atoms with E-state index in [9.17, 15) is 14.7 Å². The summed E-state index contributed by atoms with van der Waals surface area (Å²) in [7, 11) is 0. The van der Waals surface area contributed by atoms with Crippen molar-refractivity contribution in [3.63, 3.8) is 0 Å². The van der Waals surface area contributed by atoms with Crippen molar-refractivity contribution in [2.75, 3.05) is 45.9 Å². The van der Waals surface area contributed by atoms with E-state index in [1.807, 2.05) is 17.0 Å². The summed E-state index contributed by atoms with van der Waals surface area (Å²) in [5.41, 5.74) is 0.767. The Balaban J connectivity index is 1.22. The summed E-state index contributed by atoms with van der Waals surface area (Å²) in [6, 6.07) is 8.21. The monoisotopic (exact) mass is 617 g/mol. The number of aromatic nitrogens is 1. The number of urea groups is 1. The molecule has 0 aliphatic carbocycles. The number of pyridine rings is 1. The number of piperidine rings is 1. The smallest absolute Gasteiger partial charge is 0.318 e. The van der Waals surface area contributed by atoms with Gasteiger partial charge in [-0.25, -0.2) is 4.79 Å². The van der Waals surface area contributed by atoms with Crippen LogP contribution < -0.4 is 10.1 Å². The van der Waals surface area contributed by atoms with Gasteiger partial charge >= 0.3 is 6.03 Å². The van der Waals surface area contributed by atoms with E-state index < -0.39 is 11.6 Å². The number of β-amino-alcohol motifs (C(OH)–C–C–N with tert-alkyl or cyclic N) is 1. The molecule has 0 bridgehead atoms. The summed E-state index contributed by atoms with van der Waals surface area (Å²) in [5, 5.41) is 13.9. The lowest BCUT2D eigenvalue weighted by Gasteiger charge is -2.44. The standard InChI is InChI=1S/C31H41Cl2N5O4/c1-21(36-12-3-4-13-36)18-42-27-6-5-11-34-28(27)22-9-14-37(15-10-22)29(39)26(16-23-7-8-24(32)17-25(23)33)35-30(40)38-19-31(2,41)20-38/h5-8,11,17,21-22,26,41H,3-4,9-10,12-16,18-20H2,1-2H3,(H,35,40)/t21-,26-/m1/s1. The second-order valence-electron chi connectivity index (χ2n) is 12.2. The molecule has 1 aromatic carbocycles. The van der Waals surface area contributed by atoms with Crippen molar-refractivity contribution in [3.05, 3.63) is 57.8 Å². The van der Waals surface area contributed by atoms with E-state index in [1.54, 1.807) is 31.3 Å². The van der Waals surface area contributed by atoms with E-state index in [1.165, 1.54) is 17.7 Å². The van der Waals surface area contributed by atoms with E-state index in [-0.39, 0.29) is 37.4 Å². The van der Waals surface area contributed by atoms with Gasteiger partial charge in [-0.2, -0.15) is 0 Å². The molecule has 0 unspecified atom stereocenters. The van der Waals surface area contributed by atoms with E-state index in [4.69, 9.17) is 32.9 Å². The first-order chi connectivity index (χ1) is 20.1. The number of carbonyl (C=O) groups is 2. The van der Waals surface area contributed by atoms with Crippen LogP contribution in [-0.4, -0.2) is 100 Å². The molecule has 228 valence electrons. The third-order valence-corrected chi connectivity index (χ3v) is 9.21. The Hall–Kier alpha value is -2.59. The number of benzene rings is 1. The van der Waals surface area contributed by atoms with Gasteiger partial charge in [0.2, 0.25) is 5.91 Å². The fourth-order valence-electron chi connectivity index (χ4n) is 6.19. The maximum Gasteiger partial charge on any atom is 0.318 e. The molecule has 0 spiro atoms. The van der Waals surface area contributed by atoms with Crippen molar-refractivity contribution in [3.8, 4) is 5.75 Å². The number of halogens is 2. The fraction of sp³-hybridized carbons (Fsp3) is 0.581. The second-order valence-corrected chi connectivity index (χ2v) is 13.0. The quantitative estimate of drug-likeness (QED) is 0.434. The minimum absolute atomic E-state index is 0.156. The van der Waals surface area contributed by atoms with Crippen molar-refractivity contribution < 1.29 is 19.4 Å². The highest BCUT2D eigenvalue weighted by molar-refractivity contribution is 6.35. The molecule has 1 aromatic heterocycles. The van der Waals surface area contributed by atoms with Crippen LogP contribution in [-0.2, 0) is 11.2 Å². The molecule has 3 aliphatic rings. The zero-order valence-electron chi connectivity index (χ0n) is 24.4. The number of ether oxygens (including phenoxy) is 1. The molecule has 3 fully saturated rings. The molecule has 3 amide bonds. The molecule has 42 heavy (non-hydrogen) atoms. The third kappa shape index (κ3) is 7.48. The Morgan fingerprint density at radius 2 is 1.83 bits per heavy atom. The number of nitrogens with zero attached hydrogens (tertiary/aromatic N) is 4. The number of rotatable bonds is 9. The van der Waals surface area contributed by atoms with Crippen LogP contribution in [0.2, 0.25) is 10.0 Å². The summed E-state index contributed by atoms with van der Waals surface area (Å²) >= 11 is 12.5. The molecule has 0 saturated carbocycles. The lowest BCUT2D eigenvalue weighted by molar-refractivity contribution is -0.134. The van der Waals surface area contributed by atoms with Gasteiger partial charge in [0.15, 0.2) is 0 Å². The zero-order valence-corrected chi connectivity index (χ0v) is 25.9. The highest BCUT2D eigenvalue weighted by atomic mass is 35.5. The summed E-state index contributed by atoms with van der Waals surface area (Å²) < 4.78 is 6.28. The zero-order chi connectivity index (χ0) is 29.9. The second kappa shape index (κ2) is 13.4. The van der Waals surface area contributed by atoms with Crippen LogP contribution in [0.25, 0.3) is 0 Å². The van der Waals surface area contributed by atoms with Gasteiger partial charge in [0.05, 0.1) is 24.4 Å². The lowest BCUT2D eigenvalue weighted by Crippen LogP contribution is -2.65. The van der Waals surface area contributed by atoms with Crippen molar-refractivity contribution >= 4 is 35.1 Å². The number of likely N-dealkylation sites (tertiary alicyclic amines) is 3. The Kier molecular flexibility index (Phi) is 9.82. The molecule has 3 aliphatic heterocycles. The highest BCUT2D eigenvalue weighted by Crippen LogP contribution is 2.33. The van der Waals surface area contributed by atoms with Crippen LogP contribution in [0.5, 0.6) is 5.75 Å². The normalized spacial score (nSPS) is 20.6. The number of hydrogen-bond acceptors (Lipinski definition) is 6. The molecule has 11 heteroatoms. The largest absolute Gasteiger partial charge is 0.490 e. The van der Waals surface area contributed by atoms with Gasteiger partial charge in [-0.3, -0.25) is 14.7 Å². The number of amides is 3. The molecule has 0 radical (unpaired) electrons.